The van der Waals surface area contributed by atoms with Crippen LogP contribution in [0.25, 0.3) is 0 Å². The first kappa shape index (κ1) is 16.0. The smallest absolute Gasteiger partial charge is 0.0551 e. The molecule has 0 amide bonds. The van der Waals surface area contributed by atoms with Gasteiger partial charge >= 0.3 is 0 Å². The van der Waals surface area contributed by atoms with Crippen molar-refractivity contribution in [2.24, 2.45) is 5.92 Å². The molecule has 0 aliphatic heterocycles. The highest BCUT2D eigenvalue weighted by Gasteiger charge is 2.16. The topological polar surface area (TPSA) is 12.0 Å². The van der Waals surface area contributed by atoms with Crippen LogP contribution in [-0.4, -0.2) is 6.54 Å². The van der Waals surface area contributed by atoms with E-state index in [1.54, 1.807) is 0 Å². The van der Waals surface area contributed by atoms with E-state index in [1.807, 2.05) is 6.07 Å². The highest BCUT2D eigenvalue weighted by molar-refractivity contribution is 9.10. The van der Waals surface area contributed by atoms with Crippen molar-refractivity contribution in [1.29, 1.82) is 0 Å². The number of rotatable bonds is 7. The Kier molecular flexibility index (Phi) is 7.28. The van der Waals surface area contributed by atoms with Gasteiger partial charge in [0.2, 0.25) is 0 Å². The molecular formula is C15H23BrClN. The fraction of sp³-hybridized carbons (Fsp3) is 0.600. The van der Waals surface area contributed by atoms with Crippen LogP contribution in [0.3, 0.4) is 0 Å². The Labute approximate surface area is 124 Å². The van der Waals surface area contributed by atoms with Crippen LogP contribution in [0, 0.1) is 5.92 Å². The summed E-state index contributed by atoms with van der Waals surface area (Å²) in [5, 5.41) is 4.36. The van der Waals surface area contributed by atoms with Crippen LogP contribution >= 0.6 is 27.5 Å². The van der Waals surface area contributed by atoms with E-state index in [9.17, 15) is 0 Å². The van der Waals surface area contributed by atoms with Gasteiger partial charge in [0.05, 0.1) is 5.02 Å². The van der Waals surface area contributed by atoms with Crippen LogP contribution < -0.4 is 5.32 Å². The summed E-state index contributed by atoms with van der Waals surface area (Å²) in [5.74, 6) is 0.775. The SMILES string of the molecule is CCNC(CC(CC)CC)c1ccc(Br)c(Cl)c1. The molecule has 1 nitrogen and oxygen atoms in total. The molecule has 102 valence electrons. The fourth-order valence-electron chi connectivity index (χ4n) is 2.27. The lowest BCUT2D eigenvalue weighted by Crippen LogP contribution is -2.23. The third kappa shape index (κ3) is 4.56. The average Bonchev–Trinajstić information content (AvgIpc) is 2.38. The maximum atomic E-state index is 6.19. The number of hydrogen-bond acceptors (Lipinski definition) is 1. The van der Waals surface area contributed by atoms with Gasteiger partial charge in [-0.15, -0.1) is 0 Å². The van der Waals surface area contributed by atoms with Crippen molar-refractivity contribution in [2.75, 3.05) is 6.54 Å². The van der Waals surface area contributed by atoms with E-state index in [0.29, 0.717) is 6.04 Å². The summed E-state index contributed by atoms with van der Waals surface area (Å²) in [4.78, 5) is 0. The summed E-state index contributed by atoms with van der Waals surface area (Å²) >= 11 is 9.63. The molecule has 0 radical (unpaired) electrons. The van der Waals surface area contributed by atoms with Crippen LogP contribution in [0.4, 0.5) is 0 Å². The summed E-state index contributed by atoms with van der Waals surface area (Å²) in [6.07, 6.45) is 3.66. The first-order valence-electron chi connectivity index (χ1n) is 6.80. The summed E-state index contributed by atoms with van der Waals surface area (Å²) < 4.78 is 0.964. The highest BCUT2D eigenvalue weighted by Crippen LogP contribution is 2.30. The normalized spacial score (nSPS) is 13.0. The Hall–Kier alpha value is -0.0500. The lowest BCUT2D eigenvalue weighted by Gasteiger charge is -2.23. The minimum absolute atomic E-state index is 0.408. The molecular weight excluding hydrogens is 310 g/mol. The largest absolute Gasteiger partial charge is 0.310 e. The molecule has 1 atom stereocenters. The third-order valence-electron chi connectivity index (χ3n) is 3.52. The molecule has 0 spiro atoms. The Morgan fingerprint density at radius 2 is 1.89 bits per heavy atom. The predicted octanol–water partition coefficient (Wildman–Crippen LogP) is 5.58. The van der Waals surface area contributed by atoms with Crippen molar-refractivity contribution in [3.05, 3.63) is 33.3 Å². The van der Waals surface area contributed by atoms with Crippen LogP contribution in [0.1, 0.15) is 51.6 Å². The van der Waals surface area contributed by atoms with Crippen molar-refractivity contribution in [3.63, 3.8) is 0 Å². The standard InChI is InChI=1S/C15H23BrClN/c1-4-11(5-2)9-15(18-6-3)12-7-8-13(16)14(17)10-12/h7-8,10-11,15,18H,4-6,9H2,1-3H3. The molecule has 1 aromatic carbocycles. The van der Waals surface area contributed by atoms with Gasteiger partial charge in [0.1, 0.15) is 0 Å². The summed E-state index contributed by atoms with van der Waals surface area (Å²) in [6.45, 7) is 7.68. The monoisotopic (exact) mass is 331 g/mol. The second-order valence-electron chi connectivity index (χ2n) is 4.70. The Morgan fingerprint density at radius 3 is 2.39 bits per heavy atom. The van der Waals surface area contributed by atoms with Gasteiger partial charge in [-0.05, 0) is 52.5 Å². The van der Waals surface area contributed by atoms with Gasteiger partial charge in [-0.2, -0.15) is 0 Å². The summed E-state index contributed by atoms with van der Waals surface area (Å²) in [7, 11) is 0. The highest BCUT2D eigenvalue weighted by atomic mass is 79.9. The quantitative estimate of drug-likeness (QED) is 0.687. The van der Waals surface area contributed by atoms with Crippen LogP contribution in [0.2, 0.25) is 5.02 Å². The maximum Gasteiger partial charge on any atom is 0.0551 e. The molecule has 0 heterocycles. The lowest BCUT2D eigenvalue weighted by molar-refractivity contribution is 0.375. The van der Waals surface area contributed by atoms with Crippen molar-refractivity contribution >= 4 is 27.5 Å². The zero-order valence-electron chi connectivity index (χ0n) is 11.5. The minimum atomic E-state index is 0.408. The number of hydrogen-bond donors (Lipinski definition) is 1. The lowest BCUT2D eigenvalue weighted by atomic mass is 9.91. The molecule has 1 aromatic rings. The molecule has 1 N–H and O–H groups in total. The predicted molar refractivity (Wildman–Crippen MR) is 84.3 cm³/mol. The number of nitrogens with one attached hydrogen (secondary N) is 1. The maximum absolute atomic E-state index is 6.19. The molecule has 0 fully saturated rings. The molecule has 0 aliphatic rings. The van der Waals surface area contributed by atoms with E-state index in [1.165, 1.54) is 24.8 Å². The van der Waals surface area contributed by atoms with E-state index in [0.717, 1.165) is 22.0 Å². The van der Waals surface area contributed by atoms with E-state index in [4.69, 9.17) is 11.6 Å². The first-order chi connectivity index (χ1) is 8.62. The molecule has 0 aromatic heterocycles. The van der Waals surface area contributed by atoms with Crippen molar-refractivity contribution < 1.29 is 0 Å². The minimum Gasteiger partial charge on any atom is -0.310 e. The molecule has 0 saturated heterocycles. The van der Waals surface area contributed by atoms with Gasteiger partial charge in [0, 0.05) is 10.5 Å². The van der Waals surface area contributed by atoms with Crippen LogP contribution in [-0.2, 0) is 0 Å². The Balaban J connectivity index is 2.85. The van der Waals surface area contributed by atoms with Gasteiger partial charge in [-0.3, -0.25) is 0 Å². The van der Waals surface area contributed by atoms with Gasteiger partial charge in [-0.25, -0.2) is 0 Å². The van der Waals surface area contributed by atoms with Crippen molar-refractivity contribution in [2.45, 2.75) is 46.1 Å². The van der Waals surface area contributed by atoms with Crippen LogP contribution in [0.15, 0.2) is 22.7 Å². The molecule has 3 heteroatoms. The van der Waals surface area contributed by atoms with Gasteiger partial charge < -0.3 is 5.32 Å². The molecule has 1 rings (SSSR count). The molecule has 0 bridgehead atoms. The second-order valence-corrected chi connectivity index (χ2v) is 5.96. The first-order valence-corrected chi connectivity index (χ1v) is 7.97. The van der Waals surface area contributed by atoms with E-state index >= 15 is 0 Å². The molecule has 0 saturated carbocycles. The van der Waals surface area contributed by atoms with Crippen LogP contribution in [0.5, 0.6) is 0 Å². The van der Waals surface area contributed by atoms with Gasteiger partial charge in [0.25, 0.3) is 0 Å². The Morgan fingerprint density at radius 1 is 1.22 bits per heavy atom. The second kappa shape index (κ2) is 8.19. The summed E-state index contributed by atoms with van der Waals surface area (Å²) in [5.41, 5.74) is 1.29. The third-order valence-corrected chi connectivity index (χ3v) is 4.75. The molecule has 0 aliphatic carbocycles. The zero-order valence-corrected chi connectivity index (χ0v) is 13.8. The van der Waals surface area contributed by atoms with E-state index < -0.39 is 0 Å². The molecule has 1 unspecified atom stereocenters. The summed E-state index contributed by atoms with van der Waals surface area (Å²) in [6, 6.07) is 6.67. The number of halogens is 2. The van der Waals surface area contributed by atoms with Crippen molar-refractivity contribution in [1.82, 2.24) is 5.32 Å². The number of benzene rings is 1. The zero-order chi connectivity index (χ0) is 13.5. The average molecular weight is 333 g/mol. The van der Waals surface area contributed by atoms with Crippen molar-refractivity contribution in [3.8, 4) is 0 Å². The fourth-order valence-corrected chi connectivity index (χ4v) is 2.70. The van der Waals surface area contributed by atoms with E-state index in [2.05, 4.69) is 54.2 Å². The van der Waals surface area contributed by atoms with Gasteiger partial charge in [0.15, 0.2) is 0 Å². The van der Waals surface area contributed by atoms with E-state index in [-0.39, 0.29) is 0 Å². The molecule has 18 heavy (non-hydrogen) atoms. The van der Waals surface area contributed by atoms with Gasteiger partial charge in [-0.1, -0.05) is 51.3 Å². The Bertz CT molecular complexity index is 364.